The van der Waals surface area contributed by atoms with E-state index in [2.05, 4.69) is 33.0 Å². The van der Waals surface area contributed by atoms with Gasteiger partial charge < -0.3 is 10.6 Å². The second-order valence-corrected chi connectivity index (χ2v) is 6.39. The Hall–Kier alpha value is -2.31. The predicted molar refractivity (Wildman–Crippen MR) is 92.2 cm³/mol. The number of aromatic nitrogens is 2. The fourth-order valence-corrected chi connectivity index (χ4v) is 3.25. The molecule has 4 rings (SSSR count). The number of hydrogen-bond acceptors (Lipinski definition) is 5. The van der Waals surface area contributed by atoms with Crippen molar-refractivity contribution in [1.29, 1.82) is 0 Å². The molecule has 1 amide bonds. The Morgan fingerprint density at radius 2 is 1.92 bits per heavy atom. The van der Waals surface area contributed by atoms with Crippen molar-refractivity contribution in [2.24, 2.45) is 5.92 Å². The molecule has 124 valence electrons. The standard InChI is InChI=1S/C18H21N5O/c24-18(14-7-9-19-10-14)23(17-2-1-8-21-22-17)16-5-3-13(4-6-16)15-11-20-12-15/h1-6,8,14-15,19-20H,7,9-12H2/t14-/m0/s1. The van der Waals surface area contributed by atoms with Gasteiger partial charge in [0.25, 0.3) is 0 Å². The minimum Gasteiger partial charge on any atom is -0.316 e. The van der Waals surface area contributed by atoms with E-state index in [1.54, 1.807) is 11.1 Å². The van der Waals surface area contributed by atoms with Gasteiger partial charge in [0.15, 0.2) is 5.82 Å². The van der Waals surface area contributed by atoms with Crippen LogP contribution in [0.15, 0.2) is 42.6 Å². The van der Waals surface area contributed by atoms with Gasteiger partial charge in [0, 0.05) is 31.7 Å². The molecule has 2 aromatic rings. The van der Waals surface area contributed by atoms with Crippen LogP contribution >= 0.6 is 0 Å². The Kier molecular flexibility index (Phi) is 4.23. The largest absolute Gasteiger partial charge is 0.316 e. The quantitative estimate of drug-likeness (QED) is 0.891. The van der Waals surface area contributed by atoms with Gasteiger partial charge in [0.2, 0.25) is 5.91 Å². The third-order valence-electron chi connectivity index (χ3n) is 4.82. The lowest BCUT2D eigenvalue weighted by atomic mass is 9.93. The van der Waals surface area contributed by atoms with Crippen molar-refractivity contribution in [3.8, 4) is 0 Å². The number of nitrogens with one attached hydrogen (secondary N) is 2. The summed E-state index contributed by atoms with van der Waals surface area (Å²) in [7, 11) is 0. The summed E-state index contributed by atoms with van der Waals surface area (Å²) in [5.74, 6) is 1.23. The third kappa shape index (κ3) is 2.90. The maximum Gasteiger partial charge on any atom is 0.237 e. The number of hydrogen-bond donors (Lipinski definition) is 2. The molecule has 1 aromatic heterocycles. The van der Waals surface area contributed by atoms with E-state index in [1.807, 2.05) is 24.3 Å². The molecule has 24 heavy (non-hydrogen) atoms. The van der Waals surface area contributed by atoms with E-state index in [9.17, 15) is 4.79 Å². The van der Waals surface area contributed by atoms with Crippen molar-refractivity contribution in [1.82, 2.24) is 20.8 Å². The smallest absolute Gasteiger partial charge is 0.237 e. The van der Waals surface area contributed by atoms with Gasteiger partial charge >= 0.3 is 0 Å². The fraction of sp³-hybridized carbons (Fsp3) is 0.389. The van der Waals surface area contributed by atoms with E-state index >= 15 is 0 Å². The van der Waals surface area contributed by atoms with E-state index in [0.717, 1.165) is 38.3 Å². The van der Waals surface area contributed by atoms with Gasteiger partial charge in [-0.3, -0.25) is 9.69 Å². The highest BCUT2D eigenvalue weighted by Crippen LogP contribution is 2.29. The maximum atomic E-state index is 13.0. The highest BCUT2D eigenvalue weighted by atomic mass is 16.2. The summed E-state index contributed by atoms with van der Waals surface area (Å²) in [6, 6.07) is 11.9. The average Bonchev–Trinajstić information content (AvgIpc) is 3.10. The molecule has 6 heteroatoms. The van der Waals surface area contributed by atoms with Crippen LogP contribution in [-0.2, 0) is 4.79 Å². The minimum atomic E-state index is -0.0116. The zero-order valence-electron chi connectivity index (χ0n) is 13.5. The van der Waals surface area contributed by atoms with Crippen molar-refractivity contribution >= 4 is 17.4 Å². The number of carbonyl (C=O) groups excluding carboxylic acids is 1. The lowest BCUT2D eigenvalue weighted by Crippen LogP contribution is -2.39. The van der Waals surface area contributed by atoms with E-state index in [4.69, 9.17) is 0 Å². The maximum absolute atomic E-state index is 13.0. The molecular weight excluding hydrogens is 302 g/mol. The Balaban J connectivity index is 1.65. The molecule has 0 bridgehead atoms. The summed E-state index contributed by atoms with van der Waals surface area (Å²) in [4.78, 5) is 14.7. The van der Waals surface area contributed by atoms with Gasteiger partial charge in [0.05, 0.1) is 11.6 Å². The van der Waals surface area contributed by atoms with E-state index in [-0.39, 0.29) is 11.8 Å². The van der Waals surface area contributed by atoms with Crippen LogP contribution in [0, 0.1) is 5.92 Å². The van der Waals surface area contributed by atoms with Crippen LogP contribution in [0.4, 0.5) is 11.5 Å². The Bertz CT molecular complexity index is 693. The van der Waals surface area contributed by atoms with Crippen LogP contribution in [0.3, 0.4) is 0 Å². The van der Waals surface area contributed by atoms with Crippen LogP contribution < -0.4 is 15.5 Å². The van der Waals surface area contributed by atoms with Gasteiger partial charge in [-0.1, -0.05) is 12.1 Å². The first-order valence-electron chi connectivity index (χ1n) is 8.46. The summed E-state index contributed by atoms with van der Waals surface area (Å²) in [5.41, 5.74) is 2.16. The molecule has 3 heterocycles. The van der Waals surface area contributed by atoms with E-state index in [0.29, 0.717) is 11.7 Å². The lowest BCUT2D eigenvalue weighted by Gasteiger charge is -2.28. The van der Waals surface area contributed by atoms with Crippen molar-refractivity contribution in [2.75, 3.05) is 31.1 Å². The van der Waals surface area contributed by atoms with Gasteiger partial charge in [-0.25, -0.2) is 0 Å². The van der Waals surface area contributed by atoms with Crippen LogP contribution in [0.25, 0.3) is 0 Å². The van der Waals surface area contributed by atoms with Gasteiger partial charge in [-0.15, -0.1) is 5.10 Å². The SMILES string of the molecule is O=C([C@H]1CCNC1)N(c1ccc(C2CNC2)cc1)c1cccnn1. The third-order valence-corrected chi connectivity index (χ3v) is 4.82. The monoisotopic (exact) mass is 323 g/mol. The average molecular weight is 323 g/mol. The summed E-state index contributed by atoms with van der Waals surface area (Å²) in [6.07, 6.45) is 2.48. The molecule has 6 nitrogen and oxygen atoms in total. The molecule has 0 aliphatic carbocycles. The molecule has 2 fully saturated rings. The van der Waals surface area contributed by atoms with Crippen molar-refractivity contribution < 1.29 is 4.79 Å². The van der Waals surface area contributed by atoms with Crippen molar-refractivity contribution in [3.63, 3.8) is 0 Å². The number of rotatable bonds is 4. The molecule has 1 aromatic carbocycles. The number of nitrogens with zero attached hydrogens (tertiary/aromatic N) is 3. The van der Waals surface area contributed by atoms with Crippen LogP contribution in [0.2, 0.25) is 0 Å². The van der Waals surface area contributed by atoms with Crippen LogP contribution in [0.1, 0.15) is 17.9 Å². The lowest BCUT2D eigenvalue weighted by molar-refractivity contribution is -0.121. The summed E-state index contributed by atoms with van der Waals surface area (Å²) in [6.45, 7) is 3.67. The van der Waals surface area contributed by atoms with Crippen molar-refractivity contribution in [3.05, 3.63) is 48.2 Å². The number of benzene rings is 1. The molecule has 0 spiro atoms. The van der Waals surface area contributed by atoms with E-state index in [1.165, 1.54) is 5.56 Å². The molecule has 0 saturated carbocycles. The molecule has 0 unspecified atom stereocenters. The van der Waals surface area contributed by atoms with Crippen LogP contribution in [0.5, 0.6) is 0 Å². The number of amides is 1. The first kappa shape index (κ1) is 15.2. The van der Waals surface area contributed by atoms with Crippen molar-refractivity contribution in [2.45, 2.75) is 12.3 Å². The Labute approximate surface area is 141 Å². The molecule has 1 atom stereocenters. The summed E-state index contributed by atoms with van der Waals surface area (Å²) < 4.78 is 0. The molecule has 2 aliphatic rings. The van der Waals surface area contributed by atoms with Gasteiger partial charge in [-0.05, 0) is 42.8 Å². The molecule has 2 aliphatic heterocycles. The molecule has 2 saturated heterocycles. The normalized spacial score (nSPS) is 20.6. The topological polar surface area (TPSA) is 70.2 Å². The second-order valence-electron chi connectivity index (χ2n) is 6.39. The van der Waals surface area contributed by atoms with Crippen LogP contribution in [-0.4, -0.2) is 42.3 Å². The Morgan fingerprint density at radius 3 is 2.50 bits per heavy atom. The molecule has 0 radical (unpaired) electrons. The zero-order chi connectivity index (χ0) is 16.4. The number of anilines is 2. The Morgan fingerprint density at radius 1 is 1.08 bits per heavy atom. The first-order chi connectivity index (χ1) is 11.8. The fourth-order valence-electron chi connectivity index (χ4n) is 3.25. The van der Waals surface area contributed by atoms with Gasteiger partial charge in [-0.2, -0.15) is 5.10 Å². The highest BCUT2D eigenvalue weighted by Gasteiger charge is 2.30. The number of carbonyl (C=O) groups is 1. The molecule has 2 N–H and O–H groups in total. The summed E-state index contributed by atoms with van der Waals surface area (Å²) in [5, 5.41) is 14.6. The zero-order valence-corrected chi connectivity index (χ0v) is 13.5. The first-order valence-corrected chi connectivity index (χ1v) is 8.46. The summed E-state index contributed by atoms with van der Waals surface area (Å²) >= 11 is 0. The minimum absolute atomic E-state index is 0.0116. The van der Waals surface area contributed by atoms with Gasteiger partial charge in [0.1, 0.15) is 0 Å². The molecular formula is C18H21N5O. The highest BCUT2D eigenvalue weighted by molar-refractivity contribution is 6.01. The van der Waals surface area contributed by atoms with E-state index < -0.39 is 0 Å². The second kappa shape index (κ2) is 6.67. The predicted octanol–water partition coefficient (Wildman–Crippen LogP) is 1.44.